The van der Waals surface area contributed by atoms with Crippen LogP contribution in [0.5, 0.6) is 11.5 Å². The van der Waals surface area contributed by atoms with Gasteiger partial charge >= 0.3 is 5.97 Å². The van der Waals surface area contributed by atoms with E-state index in [9.17, 15) is 9.59 Å². The van der Waals surface area contributed by atoms with Gasteiger partial charge in [-0.25, -0.2) is 0 Å². The lowest BCUT2D eigenvalue weighted by Crippen LogP contribution is -2.37. The largest absolute Gasteiger partial charge is 0.493 e. The quantitative estimate of drug-likeness (QED) is 0.500. The van der Waals surface area contributed by atoms with Gasteiger partial charge in [0.05, 0.1) is 26.7 Å². The second kappa shape index (κ2) is 9.27. The Labute approximate surface area is 154 Å². The molecule has 1 fully saturated rings. The van der Waals surface area contributed by atoms with Gasteiger partial charge in [0, 0.05) is 18.7 Å². The van der Waals surface area contributed by atoms with Crippen molar-refractivity contribution in [3.8, 4) is 11.5 Å². The molecule has 1 aliphatic carbocycles. The number of hydrogen-bond donors (Lipinski definition) is 0. The van der Waals surface area contributed by atoms with Gasteiger partial charge < -0.3 is 19.1 Å². The Morgan fingerprint density at radius 1 is 1.27 bits per heavy atom. The third-order valence-electron chi connectivity index (χ3n) is 4.25. The van der Waals surface area contributed by atoms with Crippen molar-refractivity contribution in [1.82, 2.24) is 4.90 Å². The molecular weight excluding hydrogens is 334 g/mol. The van der Waals surface area contributed by atoms with Gasteiger partial charge in [0.2, 0.25) is 5.91 Å². The number of methoxy groups -OCH3 is 2. The van der Waals surface area contributed by atoms with E-state index in [2.05, 4.69) is 0 Å². The first kappa shape index (κ1) is 19.8. The van der Waals surface area contributed by atoms with Crippen LogP contribution in [0.4, 0.5) is 0 Å². The molecule has 0 N–H and O–H groups in total. The smallest absolute Gasteiger partial charge is 0.310 e. The van der Waals surface area contributed by atoms with E-state index in [4.69, 9.17) is 14.2 Å². The van der Waals surface area contributed by atoms with E-state index in [1.807, 2.05) is 25.1 Å². The molecule has 0 bridgehead atoms. The lowest BCUT2D eigenvalue weighted by atomic mass is 10.1. The molecule has 6 heteroatoms. The van der Waals surface area contributed by atoms with Crippen molar-refractivity contribution >= 4 is 18.0 Å². The van der Waals surface area contributed by atoms with Crippen LogP contribution in [0.2, 0.25) is 0 Å². The van der Waals surface area contributed by atoms with Crippen molar-refractivity contribution in [1.29, 1.82) is 0 Å². The Morgan fingerprint density at radius 2 is 2.00 bits per heavy atom. The van der Waals surface area contributed by atoms with Crippen molar-refractivity contribution in [3.63, 3.8) is 0 Å². The van der Waals surface area contributed by atoms with E-state index >= 15 is 0 Å². The van der Waals surface area contributed by atoms with Crippen LogP contribution in [0.3, 0.4) is 0 Å². The Kier molecular flexibility index (Phi) is 7.06. The van der Waals surface area contributed by atoms with Crippen LogP contribution in [-0.2, 0) is 14.3 Å². The summed E-state index contributed by atoms with van der Waals surface area (Å²) in [5, 5.41) is 0. The zero-order valence-electron chi connectivity index (χ0n) is 15.9. The molecule has 0 spiro atoms. The normalized spacial score (nSPS) is 14.8. The minimum atomic E-state index is -0.344. The van der Waals surface area contributed by atoms with Crippen molar-refractivity contribution < 1.29 is 23.8 Å². The van der Waals surface area contributed by atoms with E-state index in [1.165, 1.54) is 13.2 Å². The van der Waals surface area contributed by atoms with E-state index in [0.717, 1.165) is 18.4 Å². The molecule has 0 radical (unpaired) electrons. The predicted molar refractivity (Wildman–Crippen MR) is 99.1 cm³/mol. The maximum Gasteiger partial charge on any atom is 0.310 e. The predicted octanol–water partition coefficient (Wildman–Crippen LogP) is 2.91. The molecule has 2 rings (SSSR count). The summed E-state index contributed by atoms with van der Waals surface area (Å²) in [6.07, 6.45) is 5.24. The fraction of sp³-hybridized carbons (Fsp3) is 0.500. The van der Waals surface area contributed by atoms with Crippen LogP contribution < -0.4 is 9.47 Å². The van der Waals surface area contributed by atoms with Crippen LogP contribution >= 0.6 is 0 Å². The maximum atomic E-state index is 12.6. The van der Waals surface area contributed by atoms with Gasteiger partial charge in [0.15, 0.2) is 11.5 Å². The van der Waals surface area contributed by atoms with Gasteiger partial charge in [0.25, 0.3) is 0 Å². The van der Waals surface area contributed by atoms with E-state index in [0.29, 0.717) is 24.7 Å². The number of benzene rings is 1. The first-order valence-electron chi connectivity index (χ1n) is 8.87. The van der Waals surface area contributed by atoms with Crippen molar-refractivity contribution in [3.05, 3.63) is 29.8 Å². The summed E-state index contributed by atoms with van der Waals surface area (Å²) < 4.78 is 15.6. The molecule has 0 saturated heterocycles. The fourth-order valence-electron chi connectivity index (χ4n) is 2.70. The van der Waals surface area contributed by atoms with E-state index in [1.54, 1.807) is 25.0 Å². The molecule has 1 aromatic rings. The van der Waals surface area contributed by atoms with Crippen LogP contribution in [0.25, 0.3) is 6.08 Å². The zero-order chi connectivity index (χ0) is 19.1. The SMILES string of the molecule is CCOc1ccc(/C=C/C(=O)N(CC(C)C(=O)OC)C2CC2)cc1OC. The number of nitrogens with zero attached hydrogens (tertiary/aromatic N) is 1. The first-order chi connectivity index (χ1) is 12.5. The van der Waals surface area contributed by atoms with Gasteiger partial charge in [0.1, 0.15) is 0 Å². The minimum absolute atomic E-state index is 0.101. The van der Waals surface area contributed by atoms with Crippen LogP contribution in [0.1, 0.15) is 32.3 Å². The maximum absolute atomic E-state index is 12.6. The standard InChI is InChI=1S/C20H27NO5/c1-5-26-17-10-6-15(12-18(17)24-3)7-11-19(22)21(16-8-9-16)13-14(2)20(23)25-4/h6-7,10-12,14,16H,5,8-9,13H2,1-4H3/b11-7+. The van der Waals surface area contributed by atoms with Crippen LogP contribution in [0.15, 0.2) is 24.3 Å². The highest BCUT2D eigenvalue weighted by atomic mass is 16.5. The highest BCUT2D eigenvalue weighted by molar-refractivity contribution is 5.92. The summed E-state index contributed by atoms with van der Waals surface area (Å²) in [6, 6.07) is 5.74. The van der Waals surface area contributed by atoms with Crippen LogP contribution in [-0.4, -0.2) is 50.2 Å². The molecule has 0 aliphatic heterocycles. The molecule has 1 aliphatic rings. The third kappa shape index (κ3) is 5.25. The van der Waals surface area contributed by atoms with Gasteiger partial charge in [-0.1, -0.05) is 13.0 Å². The summed E-state index contributed by atoms with van der Waals surface area (Å²) >= 11 is 0. The zero-order valence-corrected chi connectivity index (χ0v) is 15.9. The molecule has 142 valence electrons. The van der Waals surface area contributed by atoms with Crippen molar-refractivity contribution in [2.24, 2.45) is 5.92 Å². The van der Waals surface area contributed by atoms with E-state index < -0.39 is 0 Å². The second-order valence-electron chi connectivity index (χ2n) is 6.32. The van der Waals surface area contributed by atoms with Gasteiger partial charge in [-0.3, -0.25) is 9.59 Å². The number of ether oxygens (including phenoxy) is 3. The second-order valence-corrected chi connectivity index (χ2v) is 6.32. The lowest BCUT2D eigenvalue weighted by Gasteiger charge is -2.23. The molecule has 1 aromatic carbocycles. The number of amides is 1. The Hall–Kier alpha value is -2.50. The van der Waals surface area contributed by atoms with Gasteiger partial charge in [-0.05, 0) is 43.5 Å². The summed E-state index contributed by atoms with van der Waals surface area (Å²) in [5.41, 5.74) is 0.843. The lowest BCUT2D eigenvalue weighted by molar-refractivity contribution is -0.146. The van der Waals surface area contributed by atoms with Gasteiger partial charge in [-0.15, -0.1) is 0 Å². The number of carbonyl (C=O) groups is 2. The third-order valence-corrected chi connectivity index (χ3v) is 4.25. The van der Waals surface area contributed by atoms with Crippen molar-refractivity contribution in [2.45, 2.75) is 32.7 Å². The van der Waals surface area contributed by atoms with Crippen molar-refractivity contribution in [2.75, 3.05) is 27.4 Å². The Bertz CT molecular complexity index is 666. The highest BCUT2D eigenvalue weighted by Gasteiger charge is 2.33. The Balaban J connectivity index is 2.07. The molecule has 6 nitrogen and oxygen atoms in total. The number of esters is 1. The summed E-state index contributed by atoms with van der Waals surface area (Å²) in [5.74, 6) is 0.549. The minimum Gasteiger partial charge on any atom is -0.493 e. The molecule has 1 saturated carbocycles. The molecule has 0 aromatic heterocycles. The average molecular weight is 361 g/mol. The first-order valence-corrected chi connectivity index (χ1v) is 8.87. The average Bonchev–Trinajstić information content (AvgIpc) is 3.49. The van der Waals surface area contributed by atoms with Crippen LogP contribution in [0, 0.1) is 5.92 Å². The van der Waals surface area contributed by atoms with Gasteiger partial charge in [-0.2, -0.15) is 0 Å². The Morgan fingerprint density at radius 3 is 2.58 bits per heavy atom. The topological polar surface area (TPSA) is 65.1 Å². The highest BCUT2D eigenvalue weighted by Crippen LogP contribution is 2.30. The molecule has 1 amide bonds. The molecule has 1 atom stereocenters. The molecule has 1 unspecified atom stereocenters. The number of rotatable bonds is 9. The summed E-state index contributed by atoms with van der Waals surface area (Å²) in [7, 11) is 2.95. The number of carbonyl (C=O) groups excluding carboxylic acids is 2. The molecular formula is C20H27NO5. The fourth-order valence-corrected chi connectivity index (χ4v) is 2.70. The number of hydrogen-bond acceptors (Lipinski definition) is 5. The monoisotopic (exact) mass is 361 g/mol. The summed E-state index contributed by atoms with van der Waals surface area (Å²) in [6.45, 7) is 4.61. The summed E-state index contributed by atoms with van der Waals surface area (Å²) in [4.78, 5) is 26.0. The van der Waals surface area contributed by atoms with E-state index in [-0.39, 0.29) is 23.8 Å². The molecule has 0 heterocycles. The molecule has 26 heavy (non-hydrogen) atoms.